The molecule has 0 radical (unpaired) electrons. The molecule has 6 heteroatoms. The number of rotatable bonds is 9. The Balaban J connectivity index is 2.17. The highest BCUT2D eigenvalue weighted by molar-refractivity contribution is 6.06. The normalized spacial score (nSPS) is 12.1. The zero-order valence-corrected chi connectivity index (χ0v) is 14.2. The van der Waals surface area contributed by atoms with Crippen molar-refractivity contribution in [2.24, 2.45) is 0 Å². The molecule has 0 spiro atoms. The van der Waals surface area contributed by atoms with Gasteiger partial charge in [-0.15, -0.1) is 0 Å². The van der Waals surface area contributed by atoms with E-state index in [0.29, 0.717) is 36.5 Å². The molecule has 1 heterocycles. The van der Waals surface area contributed by atoms with Crippen LogP contribution < -0.4 is 15.4 Å². The van der Waals surface area contributed by atoms with E-state index in [2.05, 4.69) is 15.6 Å². The van der Waals surface area contributed by atoms with Gasteiger partial charge in [0, 0.05) is 31.0 Å². The highest BCUT2D eigenvalue weighted by Gasteiger charge is 2.13. The van der Waals surface area contributed by atoms with Crippen LogP contribution in [0.3, 0.4) is 0 Å². The Morgan fingerprint density at radius 2 is 2.12 bits per heavy atom. The molecule has 1 aromatic heterocycles. The number of nitrogens with zero attached hydrogens (tertiary/aromatic N) is 1. The van der Waals surface area contributed by atoms with E-state index in [4.69, 9.17) is 4.74 Å². The largest absolute Gasteiger partial charge is 0.478 e. The molecule has 0 bridgehead atoms. The molecule has 1 unspecified atom stereocenters. The zero-order chi connectivity index (χ0) is 17.4. The molecule has 2 aromatic rings. The molecule has 130 valence electrons. The average Bonchev–Trinajstić information content (AvgIpc) is 2.57. The number of fused-ring (bicyclic) bond motifs is 1. The number of para-hydroxylation sites is 1. The Morgan fingerprint density at radius 3 is 2.88 bits per heavy atom. The Morgan fingerprint density at radius 1 is 1.33 bits per heavy atom. The van der Waals surface area contributed by atoms with Crippen molar-refractivity contribution in [2.75, 3.05) is 26.2 Å². The summed E-state index contributed by atoms with van der Waals surface area (Å²) in [7, 11) is 0. The SMILES string of the molecule is CCNCCNC(=O)c1cc(OCCC(C)O)nc2ccccc12. The van der Waals surface area contributed by atoms with Crippen molar-refractivity contribution < 1.29 is 14.6 Å². The first-order chi connectivity index (χ1) is 11.6. The predicted octanol–water partition coefficient (Wildman–Crippen LogP) is 1.72. The van der Waals surface area contributed by atoms with E-state index in [-0.39, 0.29) is 5.91 Å². The highest BCUT2D eigenvalue weighted by Crippen LogP contribution is 2.22. The number of benzene rings is 1. The summed E-state index contributed by atoms with van der Waals surface area (Å²) < 4.78 is 5.60. The highest BCUT2D eigenvalue weighted by atomic mass is 16.5. The molecule has 1 aromatic carbocycles. The van der Waals surface area contributed by atoms with Gasteiger partial charge >= 0.3 is 0 Å². The molecule has 1 amide bonds. The summed E-state index contributed by atoms with van der Waals surface area (Å²) in [5, 5.41) is 16.2. The Hall–Kier alpha value is -2.18. The number of aliphatic hydroxyl groups is 1. The summed E-state index contributed by atoms with van der Waals surface area (Å²) in [6.45, 7) is 6.24. The fourth-order valence-corrected chi connectivity index (χ4v) is 2.28. The lowest BCUT2D eigenvalue weighted by molar-refractivity contribution is 0.0954. The van der Waals surface area contributed by atoms with Crippen LogP contribution in [0, 0.1) is 0 Å². The number of carbonyl (C=O) groups excluding carboxylic acids is 1. The van der Waals surface area contributed by atoms with Gasteiger partial charge in [0.25, 0.3) is 5.91 Å². The van der Waals surface area contributed by atoms with Crippen LogP contribution in [-0.2, 0) is 0 Å². The van der Waals surface area contributed by atoms with Crippen LogP contribution in [0.15, 0.2) is 30.3 Å². The van der Waals surface area contributed by atoms with E-state index < -0.39 is 6.10 Å². The standard InChI is InChI=1S/C18H25N3O3/c1-3-19-9-10-20-18(23)15-12-17(24-11-8-13(2)22)21-16-7-5-4-6-14(15)16/h4-7,12-13,19,22H,3,8-11H2,1-2H3,(H,20,23). The molecular weight excluding hydrogens is 306 g/mol. The number of hydrogen-bond donors (Lipinski definition) is 3. The van der Waals surface area contributed by atoms with Gasteiger partial charge in [-0.3, -0.25) is 4.79 Å². The van der Waals surface area contributed by atoms with Crippen molar-refractivity contribution >= 4 is 16.8 Å². The van der Waals surface area contributed by atoms with Crippen molar-refractivity contribution in [3.63, 3.8) is 0 Å². The molecule has 6 nitrogen and oxygen atoms in total. The maximum absolute atomic E-state index is 12.5. The molecule has 0 saturated carbocycles. The molecule has 24 heavy (non-hydrogen) atoms. The fourth-order valence-electron chi connectivity index (χ4n) is 2.28. The van der Waals surface area contributed by atoms with Gasteiger partial charge in [0.2, 0.25) is 5.88 Å². The van der Waals surface area contributed by atoms with Crippen LogP contribution in [0.25, 0.3) is 10.9 Å². The van der Waals surface area contributed by atoms with Crippen LogP contribution >= 0.6 is 0 Å². The van der Waals surface area contributed by atoms with Gasteiger partial charge in [-0.2, -0.15) is 0 Å². The van der Waals surface area contributed by atoms with Gasteiger partial charge in [0.1, 0.15) is 0 Å². The number of aromatic nitrogens is 1. The van der Waals surface area contributed by atoms with Gasteiger partial charge in [0.15, 0.2) is 0 Å². The van der Waals surface area contributed by atoms with E-state index in [0.717, 1.165) is 18.5 Å². The van der Waals surface area contributed by atoms with E-state index >= 15 is 0 Å². The van der Waals surface area contributed by atoms with Crippen molar-refractivity contribution in [2.45, 2.75) is 26.4 Å². The van der Waals surface area contributed by atoms with Gasteiger partial charge < -0.3 is 20.5 Å². The lowest BCUT2D eigenvalue weighted by Gasteiger charge is -2.12. The maximum Gasteiger partial charge on any atom is 0.252 e. The maximum atomic E-state index is 12.5. The smallest absolute Gasteiger partial charge is 0.252 e. The summed E-state index contributed by atoms with van der Waals surface area (Å²) in [6.07, 6.45) is 0.0814. The van der Waals surface area contributed by atoms with Crippen LogP contribution in [0.4, 0.5) is 0 Å². The molecule has 0 aliphatic rings. The zero-order valence-electron chi connectivity index (χ0n) is 14.2. The number of likely N-dealkylation sites (N-methyl/N-ethyl adjacent to an activating group) is 1. The molecular formula is C18H25N3O3. The number of aliphatic hydroxyl groups excluding tert-OH is 1. The molecule has 1 atom stereocenters. The molecule has 0 aliphatic heterocycles. The van der Waals surface area contributed by atoms with E-state index in [1.54, 1.807) is 13.0 Å². The fraction of sp³-hybridized carbons (Fsp3) is 0.444. The van der Waals surface area contributed by atoms with Gasteiger partial charge in [-0.1, -0.05) is 25.1 Å². The third-order valence-corrected chi connectivity index (χ3v) is 3.56. The van der Waals surface area contributed by atoms with Crippen molar-refractivity contribution in [1.82, 2.24) is 15.6 Å². The summed E-state index contributed by atoms with van der Waals surface area (Å²) in [4.78, 5) is 16.9. The Labute approximate surface area is 142 Å². The minimum absolute atomic E-state index is 0.146. The summed E-state index contributed by atoms with van der Waals surface area (Å²) in [6, 6.07) is 9.15. The summed E-state index contributed by atoms with van der Waals surface area (Å²) in [5.41, 5.74) is 1.26. The number of pyridine rings is 1. The van der Waals surface area contributed by atoms with E-state index in [9.17, 15) is 9.90 Å². The van der Waals surface area contributed by atoms with Crippen LogP contribution in [0.2, 0.25) is 0 Å². The van der Waals surface area contributed by atoms with E-state index in [1.807, 2.05) is 31.2 Å². The number of carbonyl (C=O) groups is 1. The van der Waals surface area contributed by atoms with Crippen LogP contribution in [0.1, 0.15) is 30.6 Å². The second kappa shape index (κ2) is 9.20. The van der Waals surface area contributed by atoms with Crippen molar-refractivity contribution in [1.29, 1.82) is 0 Å². The summed E-state index contributed by atoms with van der Waals surface area (Å²) >= 11 is 0. The summed E-state index contributed by atoms with van der Waals surface area (Å²) in [5.74, 6) is 0.248. The third-order valence-electron chi connectivity index (χ3n) is 3.56. The molecule has 0 aliphatic carbocycles. The van der Waals surface area contributed by atoms with Gasteiger partial charge in [-0.25, -0.2) is 4.98 Å². The molecule has 2 rings (SSSR count). The Bertz CT molecular complexity index is 674. The Kier molecular flexibility index (Phi) is 6.96. The first-order valence-corrected chi connectivity index (χ1v) is 8.31. The lowest BCUT2D eigenvalue weighted by atomic mass is 10.1. The first kappa shape index (κ1) is 18.2. The molecule has 0 saturated heterocycles. The number of amides is 1. The monoisotopic (exact) mass is 331 g/mol. The topological polar surface area (TPSA) is 83.5 Å². The quantitative estimate of drug-likeness (QED) is 0.610. The van der Waals surface area contributed by atoms with Crippen LogP contribution in [0.5, 0.6) is 5.88 Å². The van der Waals surface area contributed by atoms with Gasteiger partial charge in [-0.05, 0) is 19.5 Å². The number of ether oxygens (including phenoxy) is 1. The van der Waals surface area contributed by atoms with Crippen LogP contribution in [-0.4, -0.2) is 48.3 Å². The predicted molar refractivity (Wildman–Crippen MR) is 94.4 cm³/mol. The second-order valence-corrected chi connectivity index (χ2v) is 5.62. The third kappa shape index (κ3) is 5.18. The molecule has 3 N–H and O–H groups in total. The second-order valence-electron chi connectivity index (χ2n) is 5.62. The van der Waals surface area contributed by atoms with Crippen molar-refractivity contribution in [3.05, 3.63) is 35.9 Å². The number of hydrogen-bond acceptors (Lipinski definition) is 5. The van der Waals surface area contributed by atoms with Gasteiger partial charge in [0.05, 0.1) is 23.8 Å². The molecule has 0 fully saturated rings. The minimum Gasteiger partial charge on any atom is -0.478 e. The minimum atomic E-state index is -0.431. The number of nitrogens with one attached hydrogen (secondary N) is 2. The first-order valence-electron chi connectivity index (χ1n) is 8.31. The lowest BCUT2D eigenvalue weighted by Crippen LogP contribution is -2.31. The van der Waals surface area contributed by atoms with Crippen molar-refractivity contribution in [3.8, 4) is 5.88 Å². The average molecular weight is 331 g/mol. The van der Waals surface area contributed by atoms with E-state index in [1.165, 1.54) is 0 Å².